The number of morpholine rings is 1. The summed E-state index contributed by atoms with van der Waals surface area (Å²) in [6, 6.07) is 19.4. The van der Waals surface area contributed by atoms with Crippen molar-refractivity contribution in [3.63, 3.8) is 0 Å². The molecule has 5 rings (SSSR count). The molecule has 1 amide bonds. The molecule has 1 N–H and O–H groups in total. The summed E-state index contributed by atoms with van der Waals surface area (Å²) in [5.41, 5.74) is 6.72. The lowest BCUT2D eigenvalue weighted by atomic mass is 9.96. The van der Waals surface area contributed by atoms with Gasteiger partial charge in [0.25, 0.3) is 0 Å². The van der Waals surface area contributed by atoms with Crippen LogP contribution in [0.2, 0.25) is 0 Å². The average molecular weight is 578 g/mol. The maximum Gasteiger partial charge on any atom is 0.246 e. The van der Waals surface area contributed by atoms with Crippen LogP contribution in [0.4, 0.5) is 5.69 Å². The summed E-state index contributed by atoms with van der Waals surface area (Å²) < 4.78 is 40.9. The molecule has 0 saturated carbocycles. The third-order valence-electron chi connectivity index (χ3n) is 7.80. The molecular formula is C32H39N3O5S. The second kappa shape index (κ2) is 12.7. The smallest absolute Gasteiger partial charge is 0.246 e. The van der Waals surface area contributed by atoms with Crippen LogP contribution in [-0.4, -0.2) is 64.2 Å². The first-order valence-corrected chi connectivity index (χ1v) is 15.6. The van der Waals surface area contributed by atoms with Crippen LogP contribution in [0.1, 0.15) is 33.4 Å². The zero-order valence-electron chi connectivity index (χ0n) is 24.1. The Labute approximate surface area is 243 Å². The number of aryl methyl sites for hydroxylation is 3. The number of amides is 1. The molecule has 2 aliphatic heterocycles. The lowest BCUT2D eigenvalue weighted by Crippen LogP contribution is -2.47. The molecule has 8 nitrogen and oxygen atoms in total. The first kappa shape index (κ1) is 29.3. The molecule has 41 heavy (non-hydrogen) atoms. The molecule has 0 bridgehead atoms. The van der Waals surface area contributed by atoms with Crippen LogP contribution in [-0.2, 0) is 43.8 Å². The monoisotopic (exact) mass is 577 g/mol. The summed E-state index contributed by atoms with van der Waals surface area (Å²) in [4.78, 5) is 15.3. The van der Waals surface area contributed by atoms with Crippen molar-refractivity contribution in [2.75, 3.05) is 44.4 Å². The first-order valence-electron chi connectivity index (χ1n) is 14.1. The van der Waals surface area contributed by atoms with Crippen molar-refractivity contribution in [1.29, 1.82) is 0 Å². The van der Waals surface area contributed by atoms with Gasteiger partial charge in [0, 0.05) is 31.9 Å². The number of carbonyl (C=O) groups excluding carboxylic acids is 1. The number of sulfonamides is 1. The molecule has 0 aliphatic carbocycles. The van der Waals surface area contributed by atoms with E-state index in [4.69, 9.17) is 9.47 Å². The van der Waals surface area contributed by atoms with Crippen LogP contribution in [0.25, 0.3) is 0 Å². The highest BCUT2D eigenvalue weighted by Gasteiger charge is 2.37. The molecule has 0 spiro atoms. The van der Waals surface area contributed by atoms with Gasteiger partial charge in [0.1, 0.15) is 6.61 Å². The molecule has 2 heterocycles. The maximum atomic E-state index is 14.0. The van der Waals surface area contributed by atoms with Crippen LogP contribution in [0, 0.1) is 20.8 Å². The van der Waals surface area contributed by atoms with Crippen molar-refractivity contribution in [2.24, 2.45) is 0 Å². The van der Waals surface area contributed by atoms with Crippen molar-refractivity contribution in [3.8, 4) is 0 Å². The number of nitrogens with zero attached hydrogens (tertiary/aromatic N) is 2. The number of ether oxygens (including phenoxy) is 2. The van der Waals surface area contributed by atoms with Gasteiger partial charge in [-0.25, -0.2) is 8.42 Å². The van der Waals surface area contributed by atoms with Gasteiger partial charge in [0.15, 0.2) is 0 Å². The van der Waals surface area contributed by atoms with E-state index in [0.717, 1.165) is 52.2 Å². The number of hydrogen-bond donors (Lipinski definition) is 1. The highest BCUT2D eigenvalue weighted by molar-refractivity contribution is 7.89. The van der Waals surface area contributed by atoms with Crippen molar-refractivity contribution in [1.82, 2.24) is 9.62 Å². The second-order valence-corrected chi connectivity index (χ2v) is 12.8. The van der Waals surface area contributed by atoms with E-state index in [1.807, 2.05) is 69.3 Å². The number of anilines is 1. The Morgan fingerprint density at radius 3 is 2.41 bits per heavy atom. The zero-order valence-corrected chi connectivity index (χ0v) is 24.9. The third-order valence-corrected chi connectivity index (χ3v) is 10.0. The normalized spacial score (nSPS) is 17.7. The van der Waals surface area contributed by atoms with Gasteiger partial charge in [0.05, 0.1) is 30.8 Å². The fraction of sp³-hybridized carbons (Fsp3) is 0.406. The number of hydrogen-bond acceptors (Lipinski definition) is 6. The molecule has 1 saturated heterocycles. The summed E-state index contributed by atoms with van der Waals surface area (Å²) in [5, 5.41) is 2.93. The van der Waals surface area contributed by atoms with Crippen molar-refractivity contribution >= 4 is 21.6 Å². The Hall–Kier alpha value is -3.24. The Morgan fingerprint density at radius 1 is 0.976 bits per heavy atom. The molecule has 3 aromatic carbocycles. The number of benzene rings is 3. The molecule has 0 aromatic heterocycles. The molecule has 1 fully saturated rings. The number of carbonyl (C=O) groups is 1. The standard InChI is InChI=1S/C32H39N3O5S/c1-23-15-24(2)32(25(3)16-23)41(37,38)35-20-28-9-5-4-8-27(28)18-30(35)21-40-22-31(36)33-19-26-7-6-10-29(17-26)34-11-13-39-14-12-34/h4-10,15-17,30H,11-14,18-22H2,1-3H3,(H,33,36). The van der Waals surface area contributed by atoms with Crippen molar-refractivity contribution in [3.05, 3.63) is 94.0 Å². The fourth-order valence-corrected chi connectivity index (χ4v) is 7.90. The summed E-state index contributed by atoms with van der Waals surface area (Å²) in [5.74, 6) is -0.238. The predicted molar refractivity (Wildman–Crippen MR) is 159 cm³/mol. The van der Waals surface area contributed by atoms with Gasteiger partial charge < -0.3 is 19.7 Å². The summed E-state index contributed by atoms with van der Waals surface area (Å²) in [6.07, 6.45) is 0.523. The molecule has 1 atom stereocenters. The SMILES string of the molecule is Cc1cc(C)c(S(=O)(=O)N2Cc3ccccc3CC2COCC(=O)NCc2cccc(N3CCOCC3)c2)c(C)c1. The molecular weight excluding hydrogens is 538 g/mol. The van der Waals surface area contributed by atoms with E-state index in [2.05, 4.69) is 22.3 Å². The quantitative estimate of drug-likeness (QED) is 0.415. The van der Waals surface area contributed by atoms with Gasteiger partial charge >= 0.3 is 0 Å². The largest absolute Gasteiger partial charge is 0.378 e. The predicted octanol–water partition coefficient (Wildman–Crippen LogP) is 3.90. The lowest BCUT2D eigenvalue weighted by molar-refractivity contribution is -0.126. The Balaban J connectivity index is 1.23. The Bertz CT molecular complexity index is 1480. The fourth-order valence-electron chi connectivity index (χ4n) is 5.90. The Morgan fingerprint density at radius 2 is 1.68 bits per heavy atom. The molecule has 218 valence electrons. The van der Waals surface area contributed by atoms with E-state index in [0.29, 0.717) is 31.1 Å². The summed E-state index contributed by atoms with van der Waals surface area (Å²) in [7, 11) is -3.80. The van der Waals surface area contributed by atoms with E-state index in [9.17, 15) is 13.2 Å². The van der Waals surface area contributed by atoms with E-state index >= 15 is 0 Å². The van der Waals surface area contributed by atoms with E-state index in [-0.39, 0.29) is 25.7 Å². The number of fused-ring (bicyclic) bond motifs is 1. The minimum atomic E-state index is -3.80. The zero-order chi connectivity index (χ0) is 29.0. The highest BCUT2D eigenvalue weighted by Crippen LogP contribution is 2.32. The third kappa shape index (κ3) is 6.81. The highest BCUT2D eigenvalue weighted by atomic mass is 32.2. The van der Waals surface area contributed by atoms with Crippen LogP contribution in [0.5, 0.6) is 0 Å². The Kier molecular flexibility index (Phi) is 9.09. The lowest BCUT2D eigenvalue weighted by Gasteiger charge is -2.36. The van der Waals surface area contributed by atoms with Crippen LogP contribution < -0.4 is 10.2 Å². The van der Waals surface area contributed by atoms with Gasteiger partial charge in [-0.05, 0) is 67.1 Å². The number of rotatable bonds is 9. The van der Waals surface area contributed by atoms with Gasteiger partial charge in [-0.1, -0.05) is 54.1 Å². The van der Waals surface area contributed by atoms with Gasteiger partial charge in [-0.2, -0.15) is 4.31 Å². The van der Waals surface area contributed by atoms with E-state index < -0.39 is 16.1 Å². The van der Waals surface area contributed by atoms with Crippen LogP contribution in [0.15, 0.2) is 65.6 Å². The molecule has 9 heteroatoms. The van der Waals surface area contributed by atoms with Gasteiger partial charge in [0.2, 0.25) is 15.9 Å². The molecule has 3 aromatic rings. The topological polar surface area (TPSA) is 88.2 Å². The van der Waals surface area contributed by atoms with E-state index in [1.54, 1.807) is 4.31 Å². The van der Waals surface area contributed by atoms with Crippen LogP contribution in [0.3, 0.4) is 0 Å². The minimum Gasteiger partial charge on any atom is -0.378 e. The first-order chi connectivity index (χ1) is 19.7. The van der Waals surface area contributed by atoms with Crippen LogP contribution >= 0.6 is 0 Å². The molecule has 0 radical (unpaired) electrons. The van der Waals surface area contributed by atoms with Gasteiger partial charge in [-0.3, -0.25) is 4.79 Å². The number of nitrogens with one attached hydrogen (secondary N) is 1. The summed E-state index contributed by atoms with van der Waals surface area (Å²) >= 11 is 0. The van der Waals surface area contributed by atoms with Crippen molar-refractivity contribution < 1.29 is 22.7 Å². The molecule has 1 unspecified atom stereocenters. The van der Waals surface area contributed by atoms with Crippen molar-refractivity contribution in [2.45, 2.75) is 51.2 Å². The van der Waals surface area contributed by atoms with Gasteiger partial charge in [-0.15, -0.1) is 0 Å². The second-order valence-electron chi connectivity index (χ2n) is 11.0. The summed E-state index contributed by atoms with van der Waals surface area (Å²) in [6.45, 7) is 9.44. The maximum absolute atomic E-state index is 14.0. The van der Waals surface area contributed by atoms with E-state index in [1.165, 1.54) is 0 Å². The molecule has 2 aliphatic rings. The minimum absolute atomic E-state index is 0.122. The average Bonchev–Trinajstić information content (AvgIpc) is 2.95.